The summed E-state index contributed by atoms with van der Waals surface area (Å²) in [6.45, 7) is 3.88. The van der Waals surface area contributed by atoms with Gasteiger partial charge in [0.1, 0.15) is 5.75 Å². The normalized spacial score (nSPS) is 13.4. The van der Waals surface area contributed by atoms with Crippen LogP contribution in [0.1, 0.15) is 13.8 Å². The lowest BCUT2D eigenvalue weighted by Gasteiger charge is -2.11. The molecule has 6 nitrogen and oxygen atoms in total. The Hall–Kier alpha value is -1.15. The topological polar surface area (TPSA) is 95.9 Å². The molecule has 1 atom stereocenters. The molecule has 0 aliphatic heterocycles. The van der Waals surface area contributed by atoms with Gasteiger partial charge in [0.25, 0.3) is 0 Å². The van der Waals surface area contributed by atoms with Crippen LogP contribution in [-0.2, 0) is 10.0 Å². The molecule has 20 heavy (non-hydrogen) atoms. The van der Waals surface area contributed by atoms with Crippen LogP contribution in [0.15, 0.2) is 29.2 Å². The first-order valence-electron chi connectivity index (χ1n) is 6.36. The van der Waals surface area contributed by atoms with Crippen LogP contribution in [0.3, 0.4) is 0 Å². The molecule has 0 heterocycles. The van der Waals surface area contributed by atoms with Gasteiger partial charge in [-0.2, -0.15) is 0 Å². The number of nitrogens with one attached hydrogen (secondary N) is 1. The molecule has 0 amide bonds. The van der Waals surface area contributed by atoms with Crippen molar-refractivity contribution in [3.63, 3.8) is 0 Å². The van der Waals surface area contributed by atoms with Gasteiger partial charge in [-0.3, -0.25) is 0 Å². The first-order valence-corrected chi connectivity index (χ1v) is 7.85. The molecular formula is C13H21NO5S. The maximum atomic E-state index is 11.9. The number of sulfonamides is 1. The molecule has 7 heteroatoms. The third-order valence-corrected chi connectivity index (χ3v) is 3.88. The number of hydrogen-bond donors (Lipinski definition) is 3. The smallest absolute Gasteiger partial charge is 0.240 e. The van der Waals surface area contributed by atoms with Gasteiger partial charge < -0.3 is 14.9 Å². The van der Waals surface area contributed by atoms with Crippen LogP contribution >= 0.6 is 0 Å². The fourth-order valence-corrected chi connectivity index (χ4v) is 2.40. The predicted octanol–water partition coefficient (Wildman–Crippen LogP) is 0.353. The molecule has 1 unspecified atom stereocenters. The van der Waals surface area contributed by atoms with Gasteiger partial charge in [0.2, 0.25) is 10.0 Å². The van der Waals surface area contributed by atoms with E-state index in [0.717, 1.165) is 0 Å². The summed E-state index contributed by atoms with van der Waals surface area (Å²) >= 11 is 0. The summed E-state index contributed by atoms with van der Waals surface area (Å²) in [6, 6.07) is 6.03. The van der Waals surface area contributed by atoms with Gasteiger partial charge in [0, 0.05) is 6.54 Å². The van der Waals surface area contributed by atoms with E-state index in [4.69, 9.17) is 14.9 Å². The minimum Gasteiger partial charge on any atom is -0.493 e. The fraction of sp³-hybridized carbons (Fsp3) is 0.538. The summed E-state index contributed by atoms with van der Waals surface area (Å²) in [5.41, 5.74) is 0. The number of rotatable bonds is 8. The Morgan fingerprint density at radius 3 is 2.35 bits per heavy atom. The summed E-state index contributed by atoms with van der Waals surface area (Å²) in [5, 5.41) is 17.8. The molecule has 0 bridgehead atoms. The average Bonchev–Trinajstić information content (AvgIpc) is 2.43. The molecule has 114 valence electrons. The van der Waals surface area contributed by atoms with Gasteiger partial charge in [-0.25, -0.2) is 13.1 Å². The molecule has 0 saturated carbocycles. The van der Waals surface area contributed by atoms with Crippen LogP contribution in [0.25, 0.3) is 0 Å². The summed E-state index contributed by atoms with van der Waals surface area (Å²) in [4.78, 5) is 0.0829. The highest BCUT2D eigenvalue weighted by Crippen LogP contribution is 2.16. The van der Waals surface area contributed by atoms with Gasteiger partial charge >= 0.3 is 0 Å². The summed E-state index contributed by atoms with van der Waals surface area (Å²) in [6.07, 6.45) is -1.11. The molecule has 0 aromatic heterocycles. The van der Waals surface area contributed by atoms with E-state index in [1.807, 2.05) is 13.8 Å². The second-order valence-electron chi connectivity index (χ2n) is 4.86. The number of benzene rings is 1. The first kappa shape index (κ1) is 16.9. The zero-order valence-electron chi connectivity index (χ0n) is 11.6. The molecule has 0 aliphatic rings. The van der Waals surface area contributed by atoms with Crippen molar-refractivity contribution in [3.05, 3.63) is 24.3 Å². The average molecular weight is 303 g/mol. The summed E-state index contributed by atoms with van der Waals surface area (Å²) < 4.78 is 31.5. The van der Waals surface area contributed by atoms with Gasteiger partial charge in [-0.1, -0.05) is 13.8 Å². The van der Waals surface area contributed by atoms with Crippen LogP contribution in [-0.4, -0.2) is 44.5 Å². The van der Waals surface area contributed by atoms with E-state index in [1.54, 1.807) is 12.1 Å². The quantitative estimate of drug-likeness (QED) is 0.644. The van der Waals surface area contributed by atoms with Crippen LogP contribution in [0.4, 0.5) is 0 Å². The maximum Gasteiger partial charge on any atom is 0.240 e. The molecule has 0 aliphatic carbocycles. The lowest BCUT2D eigenvalue weighted by molar-refractivity contribution is 0.0988. The van der Waals surface area contributed by atoms with Crippen molar-refractivity contribution in [2.75, 3.05) is 19.8 Å². The molecule has 0 saturated heterocycles. The van der Waals surface area contributed by atoms with Crippen molar-refractivity contribution < 1.29 is 23.4 Å². The monoisotopic (exact) mass is 303 g/mol. The maximum absolute atomic E-state index is 11.9. The second kappa shape index (κ2) is 7.58. The Morgan fingerprint density at radius 1 is 1.25 bits per heavy atom. The molecule has 0 spiro atoms. The highest BCUT2D eigenvalue weighted by Gasteiger charge is 2.15. The van der Waals surface area contributed by atoms with Gasteiger partial charge in [-0.15, -0.1) is 0 Å². The minimum atomic E-state index is -3.69. The van der Waals surface area contributed by atoms with E-state index in [0.29, 0.717) is 18.3 Å². The third-order valence-electron chi connectivity index (χ3n) is 2.44. The van der Waals surface area contributed by atoms with Crippen LogP contribution in [0.2, 0.25) is 0 Å². The Morgan fingerprint density at radius 2 is 1.85 bits per heavy atom. The Labute approximate surface area is 119 Å². The lowest BCUT2D eigenvalue weighted by atomic mass is 10.2. The molecule has 1 aromatic rings. The first-order chi connectivity index (χ1) is 9.35. The highest BCUT2D eigenvalue weighted by atomic mass is 32.2. The van der Waals surface area contributed by atoms with E-state index in [-0.39, 0.29) is 11.4 Å². The van der Waals surface area contributed by atoms with E-state index >= 15 is 0 Å². The van der Waals surface area contributed by atoms with Gasteiger partial charge in [-0.05, 0) is 30.2 Å². The molecule has 1 rings (SSSR count). The Bertz CT molecular complexity index is 498. The van der Waals surface area contributed by atoms with E-state index in [9.17, 15) is 8.42 Å². The highest BCUT2D eigenvalue weighted by molar-refractivity contribution is 7.89. The number of aliphatic hydroxyl groups is 2. The van der Waals surface area contributed by atoms with Crippen molar-refractivity contribution in [1.82, 2.24) is 4.72 Å². The van der Waals surface area contributed by atoms with Crippen LogP contribution < -0.4 is 9.46 Å². The van der Waals surface area contributed by atoms with Crippen molar-refractivity contribution in [2.24, 2.45) is 5.92 Å². The summed E-state index contributed by atoms with van der Waals surface area (Å²) in [7, 11) is -3.69. The molecule has 0 radical (unpaired) electrons. The standard InChI is InChI=1S/C13H21NO5S/c1-10(2)9-19-12-3-5-13(6-4-12)20(17,18)14-7-11(16)8-15/h3-6,10-11,14-16H,7-9H2,1-2H3. The van der Waals surface area contributed by atoms with E-state index < -0.39 is 22.7 Å². The van der Waals surface area contributed by atoms with Crippen molar-refractivity contribution in [1.29, 1.82) is 0 Å². The lowest BCUT2D eigenvalue weighted by Crippen LogP contribution is -2.33. The fourth-order valence-electron chi connectivity index (χ4n) is 1.33. The third kappa shape index (κ3) is 5.46. The zero-order valence-corrected chi connectivity index (χ0v) is 12.4. The van der Waals surface area contributed by atoms with Crippen LogP contribution in [0, 0.1) is 5.92 Å². The molecular weight excluding hydrogens is 282 g/mol. The molecule has 0 fully saturated rings. The van der Waals surface area contributed by atoms with Crippen molar-refractivity contribution in [2.45, 2.75) is 24.8 Å². The number of ether oxygens (including phenoxy) is 1. The van der Waals surface area contributed by atoms with Crippen LogP contribution in [0.5, 0.6) is 5.75 Å². The predicted molar refractivity (Wildman–Crippen MR) is 75.1 cm³/mol. The molecule has 3 N–H and O–H groups in total. The Kier molecular flexibility index (Phi) is 6.41. The van der Waals surface area contributed by atoms with Crippen molar-refractivity contribution in [3.8, 4) is 5.75 Å². The SMILES string of the molecule is CC(C)COc1ccc(S(=O)(=O)NCC(O)CO)cc1. The second-order valence-corrected chi connectivity index (χ2v) is 6.63. The van der Waals surface area contributed by atoms with E-state index in [1.165, 1.54) is 12.1 Å². The van der Waals surface area contributed by atoms with E-state index in [2.05, 4.69) is 4.72 Å². The molecule has 1 aromatic carbocycles. The number of aliphatic hydroxyl groups excluding tert-OH is 2. The summed E-state index contributed by atoms with van der Waals surface area (Å²) in [5.74, 6) is 0.994. The van der Waals surface area contributed by atoms with Gasteiger partial charge in [0.05, 0.1) is 24.2 Å². The Balaban J connectivity index is 2.67. The van der Waals surface area contributed by atoms with Crippen molar-refractivity contribution >= 4 is 10.0 Å². The largest absolute Gasteiger partial charge is 0.493 e. The number of hydrogen-bond acceptors (Lipinski definition) is 5. The zero-order chi connectivity index (χ0) is 15.2. The van der Waals surface area contributed by atoms with Gasteiger partial charge in [0.15, 0.2) is 0 Å². The minimum absolute atomic E-state index is 0.0829.